The molecular formula is C22H30N4Pt. The third-order valence-electron chi connectivity index (χ3n) is 5.12. The summed E-state index contributed by atoms with van der Waals surface area (Å²) < 4.78 is 0. The Kier molecular flexibility index (Phi) is 5.80. The molecule has 0 unspecified atom stereocenters. The molecule has 0 radical (unpaired) electrons. The van der Waals surface area contributed by atoms with E-state index in [1.807, 2.05) is 0 Å². The molecule has 5 heteroatoms. The zero-order valence-corrected chi connectivity index (χ0v) is 19.8. The first-order chi connectivity index (χ1) is 11.8. The molecule has 1 aliphatic heterocycles. The molecule has 3 rings (SSSR count). The molecule has 0 saturated carbocycles. The second kappa shape index (κ2) is 7.06. The summed E-state index contributed by atoms with van der Waals surface area (Å²) >= 11 is 0. The van der Waals surface area contributed by atoms with Crippen molar-refractivity contribution >= 4 is 0 Å². The molecule has 3 heterocycles. The number of pyridine rings is 2. The quantitative estimate of drug-likeness (QED) is 0.416. The zero-order valence-electron chi connectivity index (χ0n) is 17.6. The molecule has 1 aliphatic rings. The van der Waals surface area contributed by atoms with E-state index in [-0.39, 0.29) is 21.1 Å². The second-order valence-electron chi connectivity index (χ2n) is 9.28. The Morgan fingerprint density at radius 1 is 0.519 bits per heavy atom. The van der Waals surface area contributed by atoms with Crippen molar-refractivity contribution in [3.8, 4) is 0 Å². The van der Waals surface area contributed by atoms with Gasteiger partial charge in [-0.05, 0) is 24.3 Å². The van der Waals surface area contributed by atoms with Gasteiger partial charge in [0, 0.05) is 22.8 Å². The normalized spacial score (nSPS) is 21.9. The van der Waals surface area contributed by atoms with Crippen LogP contribution in [0.4, 0.5) is 0 Å². The fourth-order valence-electron chi connectivity index (χ4n) is 3.86. The average molecular weight is 546 g/mol. The Bertz CT molecular complexity index is 697. The SMILES string of the molecule is CC1(C)[N-]C(C)(C)c2cccc(n2)C(C)(C)[N-]C(C)(C)c2cccc1n2.[Pt+2]. The summed E-state index contributed by atoms with van der Waals surface area (Å²) in [7, 11) is 0. The van der Waals surface area contributed by atoms with Crippen LogP contribution < -0.4 is 0 Å². The van der Waals surface area contributed by atoms with Gasteiger partial charge in [0.25, 0.3) is 0 Å². The monoisotopic (exact) mass is 545 g/mol. The van der Waals surface area contributed by atoms with Crippen molar-refractivity contribution in [1.29, 1.82) is 0 Å². The third kappa shape index (κ3) is 4.34. The van der Waals surface area contributed by atoms with Gasteiger partial charge in [-0.1, -0.05) is 89.7 Å². The minimum Gasteiger partial charge on any atom is -0.642 e. The van der Waals surface area contributed by atoms with Crippen LogP contribution in [0.5, 0.6) is 0 Å². The first kappa shape index (κ1) is 22.2. The van der Waals surface area contributed by atoms with E-state index in [0.717, 1.165) is 22.8 Å². The molecule has 0 fully saturated rings. The Morgan fingerprint density at radius 3 is 0.963 bits per heavy atom. The first-order valence-corrected chi connectivity index (χ1v) is 9.28. The van der Waals surface area contributed by atoms with E-state index in [2.05, 4.69) is 91.8 Å². The van der Waals surface area contributed by atoms with Gasteiger partial charge in [0.05, 0.1) is 0 Å². The first-order valence-electron chi connectivity index (χ1n) is 9.28. The van der Waals surface area contributed by atoms with Gasteiger partial charge < -0.3 is 10.6 Å². The van der Waals surface area contributed by atoms with E-state index in [4.69, 9.17) is 20.6 Å². The smallest absolute Gasteiger partial charge is 0.642 e. The van der Waals surface area contributed by atoms with Crippen LogP contribution in [0.2, 0.25) is 0 Å². The van der Waals surface area contributed by atoms with Gasteiger partial charge in [-0.2, -0.15) is 0 Å². The van der Waals surface area contributed by atoms with Crippen molar-refractivity contribution in [2.45, 2.75) is 77.5 Å². The predicted octanol–water partition coefficient (Wildman–Crippen LogP) is 5.88. The molecule has 0 atom stereocenters. The van der Waals surface area contributed by atoms with Crippen LogP contribution in [0.1, 0.15) is 78.2 Å². The van der Waals surface area contributed by atoms with Crippen LogP contribution in [0.15, 0.2) is 36.4 Å². The zero-order chi connectivity index (χ0) is 19.4. The number of nitrogens with zero attached hydrogens (tertiary/aromatic N) is 4. The third-order valence-corrected chi connectivity index (χ3v) is 5.12. The summed E-state index contributed by atoms with van der Waals surface area (Å²) in [6, 6.07) is 12.4. The molecule has 0 spiro atoms. The van der Waals surface area contributed by atoms with Crippen LogP contribution in [-0.4, -0.2) is 9.97 Å². The number of hydrogen-bond acceptors (Lipinski definition) is 2. The topological polar surface area (TPSA) is 54.0 Å². The Hall–Kier alpha value is -1.09. The molecule has 4 bridgehead atoms. The molecule has 0 saturated heterocycles. The summed E-state index contributed by atoms with van der Waals surface area (Å²) in [5.41, 5.74) is 2.12. The van der Waals surface area contributed by atoms with Gasteiger partial charge in [0.15, 0.2) is 0 Å². The maximum absolute atomic E-state index is 5.16. The Balaban J connectivity index is 0.00000261. The van der Waals surface area contributed by atoms with Crippen LogP contribution in [0, 0.1) is 0 Å². The van der Waals surface area contributed by atoms with Crippen LogP contribution in [-0.2, 0) is 43.2 Å². The van der Waals surface area contributed by atoms with Crippen molar-refractivity contribution in [3.05, 3.63) is 69.8 Å². The summed E-state index contributed by atoms with van der Waals surface area (Å²) in [5, 5.41) is 10.3. The minimum absolute atomic E-state index is 0. The van der Waals surface area contributed by atoms with Crippen molar-refractivity contribution in [2.24, 2.45) is 0 Å². The molecule has 4 nitrogen and oxygen atoms in total. The van der Waals surface area contributed by atoms with E-state index >= 15 is 0 Å². The van der Waals surface area contributed by atoms with Crippen LogP contribution >= 0.6 is 0 Å². The Labute approximate surface area is 178 Å². The summed E-state index contributed by atoms with van der Waals surface area (Å²) in [5.74, 6) is 0. The van der Waals surface area contributed by atoms with Crippen LogP contribution in [0.25, 0.3) is 10.6 Å². The van der Waals surface area contributed by atoms with Gasteiger partial charge in [0.1, 0.15) is 0 Å². The van der Waals surface area contributed by atoms with Crippen molar-refractivity contribution in [2.75, 3.05) is 0 Å². The van der Waals surface area contributed by atoms with Gasteiger partial charge in [0.2, 0.25) is 0 Å². The van der Waals surface area contributed by atoms with Crippen molar-refractivity contribution in [3.63, 3.8) is 0 Å². The standard InChI is InChI=1S/C22H30N4.Pt/c1-19(2)15-11-9-12-17(23-15)21(5,6)26-22(7,8)18-14-10-13-16(24-18)20(3,4)25-19;/h9-14H,1-8H3;/q-2;+2. The van der Waals surface area contributed by atoms with Crippen molar-refractivity contribution < 1.29 is 21.1 Å². The maximum atomic E-state index is 5.16. The molecule has 0 amide bonds. The van der Waals surface area contributed by atoms with E-state index in [1.54, 1.807) is 0 Å². The Morgan fingerprint density at radius 2 is 0.741 bits per heavy atom. The summed E-state index contributed by atoms with van der Waals surface area (Å²) in [6.07, 6.45) is 0. The van der Waals surface area contributed by atoms with Crippen molar-refractivity contribution in [1.82, 2.24) is 9.97 Å². The number of fused-ring (bicyclic) bond motifs is 4. The van der Waals surface area contributed by atoms with E-state index in [1.165, 1.54) is 0 Å². The molecule has 148 valence electrons. The summed E-state index contributed by atoms with van der Waals surface area (Å²) in [4.78, 5) is 9.94. The number of hydrogen-bond donors (Lipinski definition) is 0. The fraction of sp³-hybridized carbons (Fsp3) is 0.545. The summed E-state index contributed by atoms with van der Waals surface area (Å²) in [6.45, 7) is 16.9. The predicted molar refractivity (Wildman–Crippen MR) is 107 cm³/mol. The number of aromatic nitrogens is 2. The molecule has 27 heavy (non-hydrogen) atoms. The van der Waals surface area contributed by atoms with Gasteiger partial charge in [-0.15, -0.1) is 0 Å². The van der Waals surface area contributed by atoms with Gasteiger partial charge in [-0.25, -0.2) is 0 Å². The average Bonchev–Trinajstić information content (AvgIpc) is 2.52. The fourth-order valence-corrected chi connectivity index (χ4v) is 3.86. The molecule has 0 N–H and O–H groups in total. The maximum Gasteiger partial charge on any atom is 2.00 e. The van der Waals surface area contributed by atoms with Crippen LogP contribution in [0.3, 0.4) is 0 Å². The minimum atomic E-state index is -0.429. The molecule has 0 aromatic carbocycles. The molecule has 2 aromatic heterocycles. The molecular weight excluding hydrogens is 515 g/mol. The van der Waals surface area contributed by atoms with E-state index < -0.39 is 22.2 Å². The molecule has 2 aromatic rings. The van der Waals surface area contributed by atoms with E-state index in [0.29, 0.717) is 0 Å². The largest absolute Gasteiger partial charge is 2.00 e. The van der Waals surface area contributed by atoms with E-state index in [9.17, 15) is 0 Å². The second-order valence-corrected chi connectivity index (χ2v) is 9.28. The van der Waals surface area contributed by atoms with Gasteiger partial charge in [-0.3, -0.25) is 9.97 Å². The number of rotatable bonds is 0. The molecule has 0 aliphatic carbocycles. The van der Waals surface area contributed by atoms with Gasteiger partial charge >= 0.3 is 21.1 Å².